The molecule has 0 aliphatic carbocycles. The number of benzene rings is 2. The van der Waals surface area contributed by atoms with Gasteiger partial charge in [-0.2, -0.15) is 0 Å². The van der Waals surface area contributed by atoms with E-state index in [1.165, 1.54) is 5.56 Å². The summed E-state index contributed by atoms with van der Waals surface area (Å²) in [6, 6.07) is 22.0. The Kier molecular flexibility index (Phi) is 2.86. The Morgan fingerprint density at radius 3 is 2.44 bits per heavy atom. The fourth-order valence-electron chi connectivity index (χ4n) is 3.59. The van der Waals surface area contributed by atoms with Crippen LogP contribution in [0.15, 0.2) is 82.1 Å². The van der Waals surface area contributed by atoms with Crippen LogP contribution >= 0.6 is 0 Å². The van der Waals surface area contributed by atoms with Gasteiger partial charge in [-0.3, -0.25) is 0 Å². The molecule has 3 nitrogen and oxygen atoms in total. The summed E-state index contributed by atoms with van der Waals surface area (Å²) >= 11 is 0. The molecule has 3 heteroatoms. The van der Waals surface area contributed by atoms with Crippen LogP contribution in [0.4, 0.5) is 0 Å². The molecule has 120 valence electrons. The summed E-state index contributed by atoms with van der Waals surface area (Å²) in [5.74, 6) is 0. The molecular weight excluding hydrogens is 310 g/mol. The van der Waals surface area contributed by atoms with E-state index in [4.69, 9.17) is 4.42 Å². The van der Waals surface area contributed by atoms with Gasteiger partial charge in [-0.15, -0.1) is 0 Å². The molecule has 0 spiro atoms. The number of pyridine rings is 1. The van der Waals surface area contributed by atoms with E-state index in [1.54, 1.807) is 0 Å². The Bertz CT molecular complexity index is 1310. The van der Waals surface area contributed by atoms with Crippen LogP contribution in [0.5, 0.6) is 0 Å². The van der Waals surface area contributed by atoms with E-state index in [9.17, 15) is 4.79 Å². The Labute approximate surface area is 143 Å². The predicted molar refractivity (Wildman–Crippen MR) is 101 cm³/mol. The second kappa shape index (κ2) is 5.08. The lowest BCUT2D eigenvalue weighted by molar-refractivity contribution is 0.570. The van der Waals surface area contributed by atoms with Gasteiger partial charge < -0.3 is 8.82 Å². The molecule has 0 amide bonds. The van der Waals surface area contributed by atoms with Crippen molar-refractivity contribution in [3.63, 3.8) is 0 Å². The fraction of sp³-hybridized carbons (Fsp3) is 0.0455. The SMILES string of the molecule is Cc1ccc(-c2c3c4ccccc4oc(=O)c3c3ccccn23)cc1. The topological polar surface area (TPSA) is 34.6 Å². The van der Waals surface area contributed by atoms with Crippen molar-refractivity contribution < 1.29 is 4.42 Å². The second-order valence-electron chi connectivity index (χ2n) is 6.31. The molecule has 0 saturated heterocycles. The lowest BCUT2D eigenvalue weighted by Gasteiger charge is -2.06. The van der Waals surface area contributed by atoms with Crippen molar-refractivity contribution in [1.29, 1.82) is 0 Å². The summed E-state index contributed by atoms with van der Waals surface area (Å²) in [6.45, 7) is 2.07. The lowest BCUT2D eigenvalue weighted by atomic mass is 10.0. The Balaban J connectivity index is 2.11. The minimum Gasteiger partial charge on any atom is -0.422 e. The van der Waals surface area contributed by atoms with Crippen molar-refractivity contribution in [2.24, 2.45) is 0 Å². The van der Waals surface area contributed by atoms with Crippen LogP contribution in [-0.4, -0.2) is 4.40 Å². The molecule has 25 heavy (non-hydrogen) atoms. The Hall–Kier alpha value is -3.33. The second-order valence-corrected chi connectivity index (χ2v) is 6.31. The number of fused-ring (bicyclic) bond motifs is 5. The van der Waals surface area contributed by atoms with Gasteiger partial charge in [-0.1, -0.05) is 54.1 Å². The van der Waals surface area contributed by atoms with Gasteiger partial charge in [-0.25, -0.2) is 4.79 Å². The lowest BCUT2D eigenvalue weighted by Crippen LogP contribution is -1.98. The number of rotatable bonds is 1. The molecule has 0 aliphatic heterocycles. The average molecular weight is 325 g/mol. The van der Waals surface area contributed by atoms with E-state index >= 15 is 0 Å². The monoisotopic (exact) mass is 325 g/mol. The highest BCUT2D eigenvalue weighted by atomic mass is 16.4. The Morgan fingerprint density at radius 1 is 0.840 bits per heavy atom. The fourth-order valence-corrected chi connectivity index (χ4v) is 3.59. The molecule has 0 radical (unpaired) electrons. The molecule has 0 unspecified atom stereocenters. The summed E-state index contributed by atoms with van der Waals surface area (Å²) in [7, 11) is 0. The molecule has 3 aromatic heterocycles. The van der Waals surface area contributed by atoms with Gasteiger partial charge in [0.05, 0.1) is 16.6 Å². The van der Waals surface area contributed by atoms with Crippen molar-refractivity contribution in [1.82, 2.24) is 4.40 Å². The first-order chi connectivity index (χ1) is 12.2. The first kappa shape index (κ1) is 14.1. The van der Waals surface area contributed by atoms with Gasteiger partial charge in [0.15, 0.2) is 0 Å². The summed E-state index contributed by atoms with van der Waals surface area (Å²) in [5.41, 5.74) is 4.50. The third kappa shape index (κ3) is 1.96. The van der Waals surface area contributed by atoms with Crippen molar-refractivity contribution in [2.75, 3.05) is 0 Å². The van der Waals surface area contributed by atoms with E-state index < -0.39 is 0 Å². The summed E-state index contributed by atoms with van der Waals surface area (Å²) < 4.78 is 7.66. The number of aryl methyl sites for hydroxylation is 1. The molecule has 0 fully saturated rings. The van der Waals surface area contributed by atoms with Gasteiger partial charge in [-0.05, 0) is 30.7 Å². The van der Waals surface area contributed by atoms with Gasteiger partial charge in [0.25, 0.3) is 0 Å². The number of hydrogen-bond acceptors (Lipinski definition) is 2. The smallest absolute Gasteiger partial charge is 0.346 e. The minimum absolute atomic E-state index is 0.296. The van der Waals surface area contributed by atoms with E-state index in [1.807, 2.05) is 48.7 Å². The third-order valence-electron chi connectivity index (χ3n) is 4.73. The quantitative estimate of drug-likeness (QED) is 0.398. The Morgan fingerprint density at radius 2 is 1.60 bits per heavy atom. The number of aromatic nitrogens is 1. The molecule has 5 aromatic rings. The molecule has 0 saturated carbocycles. The van der Waals surface area contributed by atoms with Gasteiger partial charge >= 0.3 is 5.63 Å². The highest BCUT2D eigenvalue weighted by Crippen LogP contribution is 2.36. The number of para-hydroxylation sites is 1. The molecule has 0 N–H and O–H groups in total. The molecule has 0 atom stereocenters. The number of hydrogen-bond donors (Lipinski definition) is 0. The van der Waals surface area contributed by atoms with E-state index in [-0.39, 0.29) is 5.63 Å². The third-order valence-corrected chi connectivity index (χ3v) is 4.73. The maximum atomic E-state index is 12.7. The zero-order chi connectivity index (χ0) is 17.0. The van der Waals surface area contributed by atoms with E-state index in [0.717, 1.165) is 27.5 Å². The maximum Gasteiger partial charge on any atom is 0.346 e. The predicted octanol–water partition coefficient (Wildman–Crippen LogP) is 5.17. The van der Waals surface area contributed by atoms with Crippen LogP contribution in [0.2, 0.25) is 0 Å². The van der Waals surface area contributed by atoms with Gasteiger partial charge in [0, 0.05) is 17.0 Å². The standard InChI is InChI=1S/C22H15NO2/c1-14-9-11-15(12-10-14)21-19-16-6-2-3-8-18(16)25-22(24)20(19)17-7-4-5-13-23(17)21/h2-13H,1H3. The van der Waals surface area contributed by atoms with Gasteiger partial charge in [0.2, 0.25) is 0 Å². The molecule has 0 aliphatic rings. The van der Waals surface area contributed by atoms with Crippen molar-refractivity contribution in [2.45, 2.75) is 6.92 Å². The maximum absolute atomic E-state index is 12.7. The molecule has 5 rings (SSSR count). The first-order valence-corrected chi connectivity index (χ1v) is 8.26. The number of nitrogens with zero attached hydrogens (tertiary/aromatic N) is 1. The average Bonchev–Trinajstić information content (AvgIpc) is 2.99. The normalized spacial score (nSPS) is 11.6. The zero-order valence-corrected chi connectivity index (χ0v) is 13.7. The zero-order valence-electron chi connectivity index (χ0n) is 13.7. The van der Waals surface area contributed by atoms with Crippen LogP contribution in [-0.2, 0) is 0 Å². The van der Waals surface area contributed by atoms with Crippen LogP contribution < -0.4 is 5.63 Å². The van der Waals surface area contributed by atoms with Crippen LogP contribution in [0.3, 0.4) is 0 Å². The van der Waals surface area contributed by atoms with Crippen molar-refractivity contribution in [3.8, 4) is 11.3 Å². The van der Waals surface area contributed by atoms with Crippen LogP contribution in [0, 0.1) is 6.92 Å². The molecule has 2 aromatic carbocycles. The highest BCUT2D eigenvalue weighted by molar-refractivity contribution is 6.17. The molecular formula is C22H15NO2. The van der Waals surface area contributed by atoms with E-state index in [0.29, 0.717) is 11.0 Å². The van der Waals surface area contributed by atoms with Gasteiger partial charge in [0.1, 0.15) is 5.58 Å². The highest BCUT2D eigenvalue weighted by Gasteiger charge is 2.19. The summed E-state index contributed by atoms with van der Waals surface area (Å²) in [5, 5.41) is 2.54. The summed E-state index contributed by atoms with van der Waals surface area (Å²) in [6.07, 6.45) is 2.00. The first-order valence-electron chi connectivity index (χ1n) is 8.26. The molecule has 3 heterocycles. The van der Waals surface area contributed by atoms with Crippen LogP contribution in [0.1, 0.15) is 5.56 Å². The van der Waals surface area contributed by atoms with Crippen molar-refractivity contribution in [3.05, 3.63) is 88.9 Å². The van der Waals surface area contributed by atoms with E-state index in [2.05, 4.69) is 35.6 Å². The minimum atomic E-state index is -0.296. The van der Waals surface area contributed by atoms with Crippen LogP contribution in [0.25, 0.3) is 38.5 Å². The largest absolute Gasteiger partial charge is 0.422 e. The summed E-state index contributed by atoms with van der Waals surface area (Å²) in [4.78, 5) is 12.7. The van der Waals surface area contributed by atoms with Crippen molar-refractivity contribution >= 4 is 27.3 Å². The molecule has 0 bridgehead atoms.